The van der Waals surface area contributed by atoms with Crippen LogP contribution < -0.4 is 10.1 Å². The number of para-hydroxylation sites is 1. The molecule has 6 nitrogen and oxygen atoms in total. The number of nitrogens with one attached hydrogen (secondary N) is 1. The second-order valence-corrected chi connectivity index (χ2v) is 8.10. The van der Waals surface area contributed by atoms with E-state index >= 15 is 0 Å². The zero-order valence-corrected chi connectivity index (χ0v) is 18.9. The van der Waals surface area contributed by atoms with Gasteiger partial charge in [-0.15, -0.1) is 0 Å². The second-order valence-electron chi connectivity index (χ2n) is 7.69. The number of aliphatic hydroxyl groups excluding tert-OH is 1. The average molecular weight is 464 g/mol. The minimum absolute atomic E-state index is 0.239. The van der Waals surface area contributed by atoms with Crippen LogP contribution in [0.3, 0.4) is 0 Å². The maximum atomic E-state index is 10.5. The van der Waals surface area contributed by atoms with Gasteiger partial charge in [0.1, 0.15) is 5.75 Å². The van der Waals surface area contributed by atoms with Crippen LogP contribution in [0.4, 0.5) is 0 Å². The normalized spacial score (nSPS) is 12.9. The number of hydrogen-bond donors (Lipinski definition) is 2. The first-order valence-corrected chi connectivity index (χ1v) is 11.3. The summed E-state index contributed by atoms with van der Waals surface area (Å²) in [4.78, 5) is 4.61. The highest BCUT2D eigenvalue weighted by Crippen LogP contribution is 2.24. The lowest BCUT2D eigenvalue weighted by molar-refractivity contribution is 0.131. The van der Waals surface area contributed by atoms with Gasteiger partial charge in [-0.2, -0.15) is 4.98 Å². The van der Waals surface area contributed by atoms with E-state index in [1.165, 1.54) is 0 Å². The molecular weight excluding hydrogens is 438 g/mol. The molecule has 0 aliphatic rings. The Morgan fingerprint density at radius 2 is 1.64 bits per heavy atom. The van der Waals surface area contributed by atoms with Crippen LogP contribution in [-0.2, 0) is 6.42 Å². The number of rotatable bonds is 11. The van der Waals surface area contributed by atoms with Gasteiger partial charge in [-0.05, 0) is 24.1 Å². The van der Waals surface area contributed by atoms with Crippen molar-refractivity contribution in [2.75, 3.05) is 13.2 Å². The summed E-state index contributed by atoms with van der Waals surface area (Å²) < 4.78 is 11.3. The van der Waals surface area contributed by atoms with Crippen molar-refractivity contribution in [1.29, 1.82) is 0 Å². The zero-order chi connectivity index (χ0) is 22.9. The van der Waals surface area contributed by atoms with E-state index in [-0.39, 0.29) is 6.04 Å². The number of benzene rings is 3. The monoisotopic (exact) mass is 463 g/mol. The van der Waals surface area contributed by atoms with E-state index < -0.39 is 6.10 Å². The van der Waals surface area contributed by atoms with Gasteiger partial charge >= 0.3 is 0 Å². The van der Waals surface area contributed by atoms with Gasteiger partial charge in [0.05, 0.1) is 23.8 Å². The highest BCUT2D eigenvalue weighted by molar-refractivity contribution is 6.32. The fraction of sp³-hybridized carbons (Fsp3) is 0.231. The van der Waals surface area contributed by atoms with Crippen molar-refractivity contribution in [3.8, 4) is 17.1 Å². The molecule has 0 amide bonds. The van der Waals surface area contributed by atoms with E-state index in [4.69, 9.17) is 20.9 Å². The minimum Gasteiger partial charge on any atom is -0.492 e. The highest BCUT2D eigenvalue weighted by atomic mass is 35.5. The van der Waals surface area contributed by atoms with Gasteiger partial charge in [0.2, 0.25) is 11.7 Å². The number of halogens is 1. The number of hydrogen-bond acceptors (Lipinski definition) is 6. The predicted molar refractivity (Wildman–Crippen MR) is 128 cm³/mol. The van der Waals surface area contributed by atoms with E-state index in [1.807, 2.05) is 66.7 Å². The van der Waals surface area contributed by atoms with Crippen molar-refractivity contribution in [2.45, 2.75) is 25.0 Å². The van der Waals surface area contributed by atoms with E-state index in [1.54, 1.807) is 6.07 Å². The van der Waals surface area contributed by atoms with Gasteiger partial charge in [0.15, 0.2) is 0 Å². The minimum atomic E-state index is -0.609. The SMILES string of the molecule is OC(CCOc1ccccc1Cl)CNC(Cc1ccccc1)c1nc(-c2ccccc2)no1. The van der Waals surface area contributed by atoms with Crippen molar-refractivity contribution in [2.24, 2.45) is 0 Å². The van der Waals surface area contributed by atoms with Crippen LogP contribution in [0.25, 0.3) is 11.4 Å². The summed E-state index contributed by atoms with van der Waals surface area (Å²) in [6, 6.07) is 26.8. The number of ether oxygens (including phenoxy) is 1. The third-order valence-corrected chi connectivity index (χ3v) is 5.51. The first kappa shape index (κ1) is 23.0. The maximum Gasteiger partial charge on any atom is 0.244 e. The lowest BCUT2D eigenvalue weighted by Crippen LogP contribution is -2.32. The molecule has 4 aromatic rings. The lowest BCUT2D eigenvalue weighted by Gasteiger charge is -2.18. The summed E-state index contributed by atoms with van der Waals surface area (Å²) in [5, 5.41) is 18.6. The van der Waals surface area contributed by atoms with Crippen LogP contribution in [0.1, 0.15) is 23.9 Å². The fourth-order valence-corrected chi connectivity index (χ4v) is 3.62. The molecule has 1 aromatic heterocycles. The summed E-state index contributed by atoms with van der Waals surface area (Å²) in [7, 11) is 0. The second kappa shape index (κ2) is 11.6. The Balaban J connectivity index is 1.38. The Morgan fingerprint density at radius 3 is 2.39 bits per heavy atom. The molecule has 7 heteroatoms. The van der Waals surface area contributed by atoms with E-state index in [2.05, 4.69) is 27.6 Å². The van der Waals surface area contributed by atoms with Gasteiger partial charge in [-0.25, -0.2) is 0 Å². The van der Waals surface area contributed by atoms with Crippen LogP contribution in [0.5, 0.6) is 5.75 Å². The Kier molecular flexibility index (Phi) is 8.09. The van der Waals surface area contributed by atoms with Gasteiger partial charge in [-0.1, -0.05) is 89.6 Å². The molecule has 2 unspecified atom stereocenters. The van der Waals surface area contributed by atoms with Crippen molar-refractivity contribution in [1.82, 2.24) is 15.5 Å². The summed E-state index contributed by atoms with van der Waals surface area (Å²) in [5.74, 6) is 1.64. The largest absolute Gasteiger partial charge is 0.492 e. The molecule has 3 aromatic carbocycles. The lowest BCUT2D eigenvalue weighted by atomic mass is 10.1. The molecule has 1 heterocycles. The molecule has 2 atom stereocenters. The van der Waals surface area contributed by atoms with Gasteiger partial charge in [0.25, 0.3) is 0 Å². The van der Waals surface area contributed by atoms with Gasteiger partial charge < -0.3 is 19.7 Å². The van der Waals surface area contributed by atoms with Crippen LogP contribution in [-0.4, -0.2) is 34.5 Å². The molecule has 0 saturated heterocycles. The van der Waals surface area contributed by atoms with Crippen LogP contribution in [0, 0.1) is 0 Å². The summed E-state index contributed by atoms with van der Waals surface area (Å²) in [6.07, 6.45) is 0.498. The third-order valence-electron chi connectivity index (χ3n) is 5.20. The Bertz CT molecular complexity index is 1120. The quantitative estimate of drug-likeness (QED) is 0.322. The molecule has 0 saturated carbocycles. The summed E-state index contributed by atoms with van der Waals surface area (Å²) in [6.45, 7) is 0.709. The molecule has 4 rings (SSSR count). The average Bonchev–Trinajstić information content (AvgIpc) is 3.34. The predicted octanol–water partition coefficient (Wildman–Crippen LogP) is 5.09. The Morgan fingerprint density at radius 1 is 0.939 bits per heavy atom. The van der Waals surface area contributed by atoms with Crippen molar-refractivity contribution in [3.63, 3.8) is 0 Å². The fourth-order valence-electron chi connectivity index (χ4n) is 3.42. The summed E-state index contributed by atoms with van der Waals surface area (Å²) >= 11 is 6.11. The topological polar surface area (TPSA) is 80.4 Å². The Labute approximate surface area is 198 Å². The smallest absolute Gasteiger partial charge is 0.244 e. The molecule has 0 fully saturated rings. The molecule has 0 bridgehead atoms. The summed E-state index contributed by atoms with van der Waals surface area (Å²) in [5.41, 5.74) is 2.02. The van der Waals surface area contributed by atoms with Crippen molar-refractivity contribution >= 4 is 11.6 Å². The third kappa shape index (κ3) is 6.65. The highest BCUT2D eigenvalue weighted by Gasteiger charge is 2.21. The van der Waals surface area contributed by atoms with Gasteiger partial charge in [-0.3, -0.25) is 0 Å². The molecule has 170 valence electrons. The number of nitrogens with zero attached hydrogens (tertiary/aromatic N) is 2. The van der Waals surface area contributed by atoms with Crippen molar-refractivity contribution in [3.05, 3.63) is 101 Å². The zero-order valence-electron chi connectivity index (χ0n) is 18.1. The van der Waals surface area contributed by atoms with E-state index in [9.17, 15) is 5.11 Å². The molecule has 0 radical (unpaired) electrons. The molecule has 2 N–H and O–H groups in total. The van der Waals surface area contributed by atoms with Crippen LogP contribution >= 0.6 is 11.6 Å². The number of aromatic nitrogens is 2. The van der Waals surface area contributed by atoms with Crippen molar-refractivity contribution < 1.29 is 14.4 Å². The molecular formula is C26H26ClN3O3. The number of aliphatic hydroxyl groups is 1. The van der Waals surface area contributed by atoms with Crippen LogP contribution in [0.2, 0.25) is 5.02 Å². The van der Waals surface area contributed by atoms with Gasteiger partial charge in [0, 0.05) is 18.5 Å². The Hall–Kier alpha value is -3.19. The molecule has 0 aliphatic heterocycles. The van der Waals surface area contributed by atoms with E-state index in [0.717, 1.165) is 11.1 Å². The molecule has 33 heavy (non-hydrogen) atoms. The first-order valence-electron chi connectivity index (χ1n) is 10.9. The van der Waals surface area contributed by atoms with Crippen LogP contribution in [0.15, 0.2) is 89.5 Å². The standard InChI is InChI=1S/C26H26ClN3O3/c27-22-13-7-8-14-24(22)32-16-15-21(31)18-28-23(17-19-9-3-1-4-10-19)26-29-25(30-33-26)20-11-5-2-6-12-20/h1-14,21,23,28,31H,15-18H2. The molecule has 0 spiro atoms. The van der Waals surface area contributed by atoms with E-state index in [0.29, 0.717) is 48.5 Å². The molecule has 0 aliphatic carbocycles. The first-order chi connectivity index (χ1) is 16.2. The maximum absolute atomic E-state index is 10.5.